The van der Waals surface area contributed by atoms with Crippen molar-refractivity contribution in [3.63, 3.8) is 0 Å². The number of hydrogen-bond acceptors (Lipinski definition) is 7. The topological polar surface area (TPSA) is 171 Å². The highest BCUT2D eigenvalue weighted by atomic mass is 32.3. The Balaban J connectivity index is 1.68. The van der Waals surface area contributed by atoms with Gasteiger partial charge in [0.2, 0.25) is 5.91 Å². The minimum Gasteiger partial charge on any atom is -0.327 e. The van der Waals surface area contributed by atoms with Gasteiger partial charge in [0.1, 0.15) is 12.1 Å². The summed E-state index contributed by atoms with van der Waals surface area (Å²) in [6.07, 6.45) is 0.793. The quantitative estimate of drug-likeness (QED) is 0.310. The molecule has 15 heteroatoms. The zero-order valence-electron chi connectivity index (χ0n) is 14.4. The van der Waals surface area contributed by atoms with E-state index in [1.807, 2.05) is 5.43 Å². The van der Waals surface area contributed by atoms with Gasteiger partial charge in [0.15, 0.2) is 0 Å². The number of rotatable bonds is 4. The van der Waals surface area contributed by atoms with Crippen LogP contribution in [-0.4, -0.2) is 71.4 Å². The molecule has 28 heavy (non-hydrogen) atoms. The predicted molar refractivity (Wildman–Crippen MR) is 85.3 cm³/mol. The van der Waals surface area contributed by atoms with Crippen molar-refractivity contribution in [2.24, 2.45) is 11.7 Å². The lowest BCUT2D eigenvalue weighted by atomic mass is 9.96. The highest BCUT2D eigenvalue weighted by molar-refractivity contribution is 7.80. The van der Waals surface area contributed by atoms with E-state index in [-0.39, 0.29) is 11.1 Å². The molecule has 0 spiro atoms. The molecule has 0 aromatic heterocycles. The standard InChI is InChI=1S/C13H19F2N5O7S/c14-13(15)4-8(11(22)18-17-10(21)6-2-1-3-7(6)16)19-5-9(13)20(12(19)23)27-28(24,25)26/h6-9H,1-5,16H2,(H,17,21)(H,18,22)(H,24,25,26)/t6?,7?,8-,9-/m0/s1. The maximum atomic E-state index is 14.3. The maximum Gasteiger partial charge on any atom is 0.418 e. The summed E-state index contributed by atoms with van der Waals surface area (Å²) in [5.41, 5.74) is 9.91. The Kier molecular flexibility index (Phi) is 5.20. The van der Waals surface area contributed by atoms with Crippen LogP contribution in [0.3, 0.4) is 0 Å². The van der Waals surface area contributed by atoms with Crippen molar-refractivity contribution in [3.05, 3.63) is 0 Å². The fourth-order valence-electron chi connectivity index (χ4n) is 3.70. The Morgan fingerprint density at radius 3 is 2.46 bits per heavy atom. The molecule has 2 unspecified atom stereocenters. The number of hydrazine groups is 1. The molecule has 158 valence electrons. The number of halogens is 2. The number of hydrogen-bond donors (Lipinski definition) is 4. The molecule has 5 N–H and O–H groups in total. The average Bonchev–Trinajstić information content (AvgIpc) is 3.12. The number of carbonyl (C=O) groups is 3. The molecular formula is C13H19F2N5O7S. The first kappa shape index (κ1) is 20.6. The summed E-state index contributed by atoms with van der Waals surface area (Å²) in [7, 11) is -5.23. The monoisotopic (exact) mass is 427 g/mol. The summed E-state index contributed by atoms with van der Waals surface area (Å²) in [5, 5.41) is -0.168. The number of nitrogens with zero attached hydrogens (tertiary/aromatic N) is 2. The molecule has 4 atom stereocenters. The van der Waals surface area contributed by atoms with Crippen LogP contribution >= 0.6 is 0 Å². The van der Waals surface area contributed by atoms with Gasteiger partial charge < -0.3 is 10.6 Å². The van der Waals surface area contributed by atoms with Crippen molar-refractivity contribution in [3.8, 4) is 0 Å². The molecule has 1 saturated carbocycles. The summed E-state index contributed by atoms with van der Waals surface area (Å²) >= 11 is 0. The molecule has 12 nitrogen and oxygen atoms in total. The second kappa shape index (κ2) is 7.06. The minimum absolute atomic E-state index is 0.168. The SMILES string of the molecule is NC1CCCC1C(=O)NNC(=O)[C@@H]1CC(F)(F)[C@@H]2CN1C(=O)N2OS(=O)(=O)O. The first-order valence-electron chi connectivity index (χ1n) is 8.40. The van der Waals surface area contributed by atoms with Gasteiger partial charge in [-0.25, -0.2) is 13.6 Å². The van der Waals surface area contributed by atoms with Crippen LogP contribution in [0.25, 0.3) is 0 Å². The zero-order chi connectivity index (χ0) is 20.9. The molecule has 2 heterocycles. The van der Waals surface area contributed by atoms with E-state index in [1.54, 1.807) is 0 Å². The predicted octanol–water partition coefficient (Wildman–Crippen LogP) is -1.49. The van der Waals surface area contributed by atoms with Gasteiger partial charge in [-0.15, -0.1) is 4.28 Å². The highest BCUT2D eigenvalue weighted by Crippen LogP contribution is 2.41. The first-order valence-corrected chi connectivity index (χ1v) is 9.77. The van der Waals surface area contributed by atoms with E-state index in [2.05, 4.69) is 9.71 Å². The van der Waals surface area contributed by atoms with Crippen LogP contribution in [0.2, 0.25) is 0 Å². The fraction of sp³-hybridized carbons (Fsp3) is 0.769. The Morgan fingerprint density at radius 1 is 1.25 bits per heavy atom. The number of amides is 4. The molecule has 3 fully saturated rings. The lowest BCUT2D eigenvalue weighted by molar-refractivity contribution is -0.154. The molecule has 0 radical (unpaired) electrons. The van der Waals surface area contributed by atoms with Gasteiger partial charge in [-0.05, 0) is 12.8 Å². The van der Waals surface area contributed by atoms with E-state index in [1.165, 1.54) is 0 Å². The van der Waals surface area contributed by atoms with E-state index < -0.39 is 65.1 Å². The summed E-state index contributed by atoms with van der Waals surface area (Å²) < 4.78 is 62.9. The van der Waals surface area contributed by atoms with Crippen LogP contribution < -0.4 is 16.6 Å². The van der Waals surface area contributed by atoms with Crippen LogP contribution in [0.15, 0.2) is 0 Å². The molecule has 4 amide bonds. The van der Waals surface area contributed by atoms with Gasteiger partial charge in [0.25, 0.3) is 11.8 Å². The van der Waals surface area contributed by atoms with E-state index in [4.69, 9.17) is 10.3 Å². The first-order chi connectivity index (χ1) is 12.9. The van der Waals surface area contributed by atoms with Crippen LogP contribution in [0.1, 0.15) is 25.7 Å². The number of piperidine rings is 1. The van der Waals surface area contributed by atoms with Crippen LogP contribution in [0.4, 0.5) is 13.6 Å². The third-order valence-corrected chi connectivity index (χ3v) is 5.46. The van der Waals surface area contributed by atoms with Gasteiger partial charge >= 0.3 is 16.4 Å². The van der Waals surface area contributed by atoms with Gasteiger partial charge in [0, 0.05) is 12.5 Å². The lowest BCUT2D eigenvalue weighted by Crippen LogP contribution is -2.59. The van der Waals surface area contributed by atoms with Crippen LogP contribution in [0, 0.1) is 5.92 Å². The van der Waals surface area contributed by atoms with Gasteiger partial charge in [-0.3, -0.25) is 25.0 Å². The third-order valence-electron chi connectivity index (χ3n) is 5.11. The number of urea groups is 1. The summed E-state index contributed by atoms with van der Waals surface area (Å²) in [4.78, 5) is 37.2. The van der Waals surface area contributed by atoms with Crippen molar-refractivity contribution in [1.29, 1.82) is 0 Å². The minimum atomic E-state index is -5.23. The second-order valence-corrected chi connectivity index (χ2v) is 7.94. The number of alkyl halides is 2. The molecule has 3 rings (SSSR count). The van der Waals surface area contributed by atoms with Gasteiger partial charge in [0.05, 0.1) is 12.5 Å². The van der Waals surface area contributed by atoms with Gasteiger partial charge in [-0.1, -0.05) is 6.42 Å². The lowest BCUT2D eigenvalue weighted by Gasteiger charge is -2.34. The Bertz CT molecular complexity index is 794. The van der Waals surface area contributed by atoms with Crippen molar-refractivity contribution in [2.75, 3.05) is 6.54 Å². The maximum absolute atomic E-state index is 14.3. The molecule has 1 aliphatic carbocycles. The Morgan fingerprint density at radius 2 is 1.89 bits per heavy atom. The van der Waals surface area contributed by atoms with Gasteiger partial charge in [-0.2, -0.15) is 13.5 Å². The normalized spacial score (nSPS) is 31.8. The average molecular weight is 427 g/mol. The number of hydroxylamine groups is 2. The van der Waals surface area contributed by atoms with E-state index >= 15 is 0 Å². The smallest absolute Gasteiger partial charge is 0.327 e. The molecule has 0 aromatic carbocycles. The molecule has 2 saturated heterocycles. The van der Waals surface area contributed by atoms with Crippen molar-refractivity contribution in [2.45, 2.75) is 49.7 Å². The number of carbonyl (C=O) groups excluding carboxylic acids is 3. The van der Waals surface area contributed by atoms with Crippen LogP contribution in [-0.2, 0) is 24.3 Å². The largest absolute Gasteiger partial charge is 0.418 e. The number of nitrogens with two attached hydrogens (primary N) is 1. The summed E-state index contributed by atoms with van der Waals surface area (Å²) in [6.45, 7) is -0.707. The van der Waals surface area contributed by atoms with E-state index in [0.29, 0.717) is 17.7 Å². The third kappa shape index (κ3) is 3.87. The summed E-state index contributed by atoms with van der Waals surface area (Å²) in [5.74, 6) is -5.86. The number of fused-ring (bicyclic) bond motifs is 2. The van der Waals surface area contributed by atoms with Crippen molar-refractivity contribution in [1.82, 2.24) is 20.8 Å². The molecule has 2 aliphatic heterocycles. The summed E-state index contributed by atoms with van der Waals surface area (Å²) in [6, 6.07) is -5.39. The molecule has 3 aliphatic rings. The fourth-order valence-corrected chi connectivity index (χ4v) is 4.07. The highest BCUT2D eigenvalue weighted by Gasteiger charge is 2.62. The van der Waals surface area contributed by atoms with E-state index in [9.17, 15) is 31.6 Å². The number of nitrogens with one attached hydrogen (secondary N) is 2. The zero-order valence-corrected chi connectivity index (χ0v) is 15.2. The Labute approximate surface area is 158 Å². The Hall–Kier alpha value is -2.10. The molecule has 2 bridgehead atoms. The van der Waals surface area contributed by atoms with Crippen molar-refractivity contribution >= 4 is 28.2 Å². The molecular weight excluding hydrogens is 408 g/mol. The molecule has 0 aromatic rings. The second-order valence-electron chi connectivity index (χ2n) is 6.94. The van der Waals surface area contributed by atoms with Crippen LogP contribution in [0.5, 0.6) is 0 Å². The van der Waals surface area contributed by atoms with E-state index in [0.717, 1.165) is 6.42 Å². The van der Waals surface area contributed by atoms with Crippen molar-refractivity contribution < 1.29 is 40.4 Å².